The molecule has 0 N–H and O–H groups in total. The SMILES string of the molecule is CC=C(C)OCCOC(=O)CCC(=O)OCc1ccccc1. The first-order chi connectivity index (χ1) is 10.6. The highest BCUT2D eigenvalue weighted by Gasteiger charge is 2.09. The fraction of sp³-hybridized carbons (Fsp3) is 0.412. The lowest BCUT2D eigenvalue weighted by Gasteiger charge is -2.07. The van der Waals surface area contributed by atoms with E-state index in [1.54, 1.807) is 0 Å². The van der Waals surface area contributed by atoms with Crippen LogP contribution in [-0.4, -0.2) is 25.2 Å². The van der Waals surface area contributed by atoms with Crippen molar-refractivity contribution in [3.05, 3.63) is 47.7 Å². The number of ether oxygens (including phenoxy) is 3. The molecule has 0 heterocycles. The Hall–Kier alpha value is -2.30. The molecule has 0 aliphatic rings. The average Bonchev–Trinajstić information content (AvgIpc) is 2.55. The molecule has 5 nitrogen and oxygen atoms in total. The van der Waals surface area contributed by atoms with Gasteiger partial charge in [-0.15, -0.1) is 0 Å². The van der Waals surface area contributed by atoms with Gasteiger partial charge in [-0.1, -0.05) is 36.4 Å². The van der Waals surface area contributed by atoms with Gasteiger partial charge in [0.2, 0.25) is 0 Å². The third-order valence-electron chi connectivity index (χ3n) is 2.86. The number of carbonyl (C=O) groups is 2. The highest BCUT2D eigenvalue weighted by atomic mass is 16.6. The van der Waals surface area contributed by atoms with Gasteiger partial charge in [-0.05, 0) is 19.4 Å². The Morgan fingerprint density at radius 2 is 1.55 bits per heavy atom. The number of esters is 2. The molecule has 0 aliphatic heterocycles. The number of benzene rings is 1. The zero-order valence-electron chi connectivity index (χ0n) is 13.0. The van der Waals surface area contributed by atoms with Crippen LogP contribution in [0.4, 0.5) is 0 Å². The van der Waals surface area contributed by atoms with Crippen molar-refractivity contribution in [3.63, 3.8) is 0 Å². The largest absolute Gasteiger partial charge is 0.495 e. The lowest BCUT2D eigenvalue weighted by atomic mass is 10.2. The van der Waals surface area contributed by atoms with Gasteiger partial charge in [0, 0.05) is 0 Å². The summed E-state index contributed by atoms with van der Waals surface area (Å²) in [7, 11) is 0. The van der Waals surface area contributed by atoms with Gasteiger partial charge in [0.15, 0.2) is 0 Å². The summed E-state index contributed by atoms with van der Waals surface area (Å²) in [6.45, 7) is 4.38. The lowest BCUT2D eigenvalue weighted by Crippen LogP contribution is -2.13. The van der Waals surface area contributed by atoms with E-state index < -0.39 is 11.9 Å². The van der Waals surface area contributed by atoms with Crippen molar-refractivity contribution in [1.29, 1.82) is 0 Å². The van der Waals surface area contributed by atoms with Crippen LogP contribution in [0.15, 0.2) is 42.2 Å². The van der Waals surface area contributed by atoms with Crippen molar-refractivity contribution >= 4 is 11.9 Å². The van der Waals surface area contributed by atoms with Gasteiger partial charge in [-0.25, -0.2) is 0 Å². The number of hydrogen-bond donors (Lipinski definition) is 0. The number of hydrogen-bond acceptors (Lipinski definition) is 5. The minimum Gasteiger partial charge on any atom is -0.495 e. The summed E-state index contributed by atoms with van der Waals surface area (Å²) in [4.78, 5) is 23.0. The standard InChI is InChI=1S/C17H22O5/c1-3-14(2)20-11-12-21-16(18)9-10-17(19)22-13-15-7-5-4-6-8-15/h3-8H,9-13H2,1-2H3. The van der Waals surface area contributed by atoms with E-state index in [-0.39, 0.29) is 26.1 Å². The van der Waals surface area contributed by atoms with Crippen LogP contribution in [0.2, 0.25) is 0 Å². The molecule has 0 fully saturated rings. The molecule has 120 valence electrons. The van der Waals surface area contributed by atoms with E-state index in [1.807, 2.05) is 50.3 Å². The number of allylic oxidation sites excluding steroid dienone is 2. The van der Waals surface area contributed by atoms with Crippen molar-refractivity contribution in [2.75, 3.05) is 13.2 Å². The Balaban J connectivity index is 2.09. The van der Waals surface area contributed by atoms with Crippen molar-refractivity contribution in [2.24, 2.45) is 0 Å². The molecule has 0 saturated carbocycles. The normalized spacial score (nSPS) is 10.9. The molecule has 0 aliphatic carbocycles. The van der Waals surface area contributed by atoms with E-state index >= 15 is 0 Å². The van der Waals surface area contributed by atoms with Crippen molar-refractivity contribution in [3.8, 4) is 0 Å². The maximum Gasteiger partial charge on any atom is 0.306 e. The predicted molar refractivity (Wildman–Crippen MR) is 81.8 cm³/mol. The predicted octanol–water partition coefficient (Wildman–Crippen LogP) is 2.99. The van der Waals surface area contributed by atoms with Crippen molar-refractivity contribution < 1.29 is 23.8 Å². The zero-order valence-corrected chi connectivity index (χ0v) is 13.0. The first-order valence-corrected chi connectivity index (χ1v) is 7.22. The van der Waals surface area contributed by atoms with Crippen LogP contribution in [0.25, 0.3) is 0 Å². The topological polar surface area (TPSA) is 61.8 Å². The zero-order chi connectivity index (χ0) is 16.2. The molecule has 0 unspecified atom stereocenters. The maximum atomic E-state index is 11.5. The minimum absolute atomic E-state index is 0.0101. The quantitative estimate of drug-likeness (QED) is 0.399. The average molecular weight is 306 g/mol. The third-order valence-corrected chi connectivity index (χ3v) is 2.86. The molecule has 0 saturated heterocycles. The number of rotatable bonds is 9. The minimum atomic E-state index is -0.432. The van der Waals surface area contributed by atoms with Gasteiger partial charge in [0.1, 0.15) is 19.8 Å². The van der Waals surface area contributed by atoms with E-state index in [9.17, 15) is 9.59 Å². The highest BCUT2D eigenvalue weighted by Crippen LogP contribution is 2.03. The molecule has 1 aromatic rings. The molecule has 0 atom stereocenters. The molecular weight excluding hydrogens is 284 g/mol. The van der Waals surface area contributed by atoms with Crippen LogP contribution in [-0.2, 0) is 30.4 Å². The lowest BCUT2D eigenvalue weighted by molar-refractivity contribution is -0.151. The summed E-state index contributed by atoms with van der Waals surface area (Å²) < 4.78 is 15.3. The van der Waals surface area contributed by atoms with Gasteiger partial charge >= 0.3 is 11.9 Å². The first kappa shape index (κ1) is 17.8. The van der Waals surface area contributed by atoms with Crippen LogP contribution < -0.4 is 0 Å². The Morgan fingerprint density at radius 1 is 0.955 bits per heavy atom. The van der Waals surface area contributed by atoms with Crippen LogP contribution in [0.5, 0.6) is 0 Å². The summed E-state index contributed by atoms with van der Waals surface area (Å²) in [6.07, 6.45) is 1.85. The number of carbonyl (C=O) groups excluding carboxylic acids is 2. The molecule has 0 amide bonds. The molecule has 0 radical (unpaired) electrons. The van der Waals surface area contributed by atoms with E-state index in [4.69, 9.17) is 14.2 Å². The van der Waals surface area contributed by atoms with Crippen LogP contribution in [0.3, 0.4) is 0 Å². The fourth-order valence-electron chi connectivity index (χ4n) is 1.53. The smallest absolute Gasteiger partial charge is 0.306 e. The van der Waals surface area contributed by atoms with Crippen molar-refractivity contribution in [1.82, 2.24) is 0 Å². The fourth-order valence-corrected chi connectivity index (χ4v) is 1.53. The highest BCUT2D eigenvalue weighted by molar-refractivity contribution is 5.77. The molecule has 1 aromatic carbocycles. The second-order valence-electron chi connectivity index (χ2n) is 4.61. The van der Waals surface area contributed by atoms with Gasteiger partial charge in [-0.2, -0.15) is 0 Å². The van der Waals surface area contributed by atoms with E-state index in [2.05, 4.69) is 0 Å². The maximum absolute atomic E-state index is 11.5. The summed E-state index contributed by atoms with van der Waals surface area (Å²) >= 11 is 0. The van der Waals surface area contributed by atoms with Gasteiger partial charge in [-0.3, -0.25) is 9.59 Å². The Bertz CT molecular complexity index is 493. The molecule has 5 heteroatoms. The summed E-state index contributed by atoms with van der Waals surface area (Å²) in [5.41, 5.74) is 0.912. The second kappa shape index (κ2) is 10.4. The second-order valence-corrected chi connectivity index (χ2v) is 4.61. The molecule has 0 spiro atoms. The Kier molecular flexibility index (Phi) is 8.42. The molecular formula is C17H22O5. The van der Waals surface area contributed by atoms with Gasteiger partial charge < -0.3 is 14.2 Å². The summed E-state index contributed by atoms with van der Waals surface area (Å²) in [6, 6.07) is 9.38. The molecule has 0 aromatic heterocycles. The molecule has 1 rings (SSSR count). The third kappa shape index (κ3) is 8.09. The molecule has 22 heavy (non-hydrogen) atoms. The summed E-state index contributed by atoms with van der Waals surface area (Å²) in [5, 5.41) is 0. The van der Waals surface area contributed by atoms with Gasteiger partial charge in [0.25, 0.3) is 0 Å². The van der Waals surface area contributed by atoms with Crippen molar-refractivity contribution in [2.45, 2.75) is 33.3 Å². The Labute approximate surface area is 130 Å². The van der Waals surface area contributed by atoms with Crippen LogP contribution in [0.1, 0.15) is 32.3 Å². The van der Waals surface area contributed by atoms with Crippen LogP contribution in [0, 0.1) is 0 Å². The molecule has 0 bridgehead atoms. The van der Waals surface area contributed by atoms with E-state index in [0.29, 0.717) is 6.61 Å². The van der Waals surface area contributed by atoms with Crippen LogP contribution >= 0.6 is 0 Å². The summed E-state index contributed by atoms with van der Waals surface area (Å²) in [5.74, 6) is -0.0688. The van der Waals surface area contributed by atoms with E-state index in [1.165, 1.54) is 0 Å². The monoisotopic (exact) mass is 306 g/mol. The van der Waals surface area contributed by atoms with Gasteiger partial charge in [0.05, 0.1) is 18.6 Å². The Morgan fingerprint density at radius 3 is 2.18 bits per heavy atom. The first-order valence-electron chi connectivity index (χ1n) is 7.22. The van der Waals surface area contributed by atoms with E-state index in [0.717, 1.165) is 11.3 Å².